The monoisotopic (exact) mass is 170 g/mol. The molecule has 0 saturated heterocycles. The van der Waals surface area contributed by atoms with E-state index in [-0.39, 0.29) is 0 Å². The van der Waals surface area contributed by atoms with Crippen LogP contribution in [0.25, 0.3) is 0 Å². The minimum absolute atomic E-state index is 0.716. The van der Waals surface area contributed by atoms with Crippen LogP contribution in [0.4, 0.5) is 5.13 Å². The van der Waals surface area contributed by atoms with E-state index >= 15 is 0 Å². The third-order valence-electron chi connectivity index (χ3n) is 1.31. The average Bonchev–Trinajstić information content (AvgIpc) is 2.31. The second kappa shape index (κ2) is 3.00. The van der Waals surface area contributed by atoms with Crippen molar-refractivity contribution in [2.75, 3.05) is 19.0 Å². The molecule has 0 N–H and O–H groups in total. The predicted octanol–water partition coefficient (Wildman–Crippen LogP) is 1.33. The third-order valence-corrected chi connectivity index (χ3v) is 2.56. The summed E-state index contributed by atoms with van der Waals surface area (Å²) in [7, 11) is 3.82. The van der Waals surface area contributed by atoms with Crippen molar-refractivity contribution in [3.8, 4) is 0 Å². The molecular weight excluding hydrogens is 160 g/mol. The third kappa shape index (κ3) is 1.57. The van der Waals surface area contributed by atoms with Gasteiger partial charge >= 0.3 is 0 Å². The van der Waals surface area contributed by atoms with E-state index in [2.05, 4.69) is 4.98 Å². The van der Waals surface area contributed by atoms with Crippen molar-refractivity contribution in [2.24, 2.45) is 0 Å². The predicted molar refractivity (Wildman–Crippen MR) is 46.6 cm³/mol. The summed E-state index contributed by atoms with van der Waals surface area (Å²) < 4.78 is 0. The van der Waals surface area contributed by atoms with E-state index in [1.54, 1.807) is 0 Å². The second-order valence-corrected chi connectivity index (χ2v) is 3.47. The number of carbonyl (C=O) groups excluding carboxylic acids is 1. The summed E-state index contributed by atoms with van der Waals surface area (Å²) in [5.41, 5.74) is 0.814. The SMILES string of the molecule is Cc1nc(N(C)C)sc1C=O. The van der Waals surface area contributed by atoms with E-state index in [1.165, 1.54) is 11.3 Å². The Morgan fingerprint density at radius 2 is 2.18 bits per heavy atom. The Hall–Kier alpha value is -0.900. The first kappa shape index (κ1) is 8.20. The van der Waals surface area contributed by atoms with E-state index in [1.807, 2.05) is 25.9 Å². The first-order valence-corrected chi connectivity index (χ1v) is 4.06. The van der Waals surface area contributed by atoms with E-state index in [0.29, 0.717) is 4.88 Å². The van der Waals surface area contributed by atoms with E-state index in [4.69, 9.17) is 0 Å². The number of aldehydes is 1. The first-order chi connectivity index (χ1) is 5.15. The summed E-state index contributed by atoms with van der Waals surface area (Å²) in [5, 5.41) is 0.879. The highest BCUT2D eigenvalue weighted by Gasteiger charge is 2.06. The first-order valence-electron chi connectivity index (χ1n) is 3.25. The lowest BCUT2D eigenvalue weighted by Gasteiger charge is -2.04. The fourth-order valence-corrected chi connectivity index (χ4v) is 1.50. The van der Waals surface area contributed by atoms with Gasteiger partial charge in [0.2, 0.25) is 0 Å². The molecule has 0 unspecified atom stereocenters. The zero-order valence-electron chi connectivity index (χ0n) is 6.79. The van der Waals surface area contributed by atoms with Gasteiger partial charge in [-0.3, -0.25) is 4.79 Å². The molecule has 0 atom stereocenters. The van der Waals surface area contributed by atoms with Crippen LogP contribution >= 0.6 is 11.3 Å². The van der Waals surface area contributed by atoms with Gasteiger partial charge < -0.3 is 4.90 Å². The molecule has 0 bridgehead atoms. The summed E-state index contributed by atoms with van der Waals surface area (Å²) in [4.78, 5) is 17.2. The summed E-state index contributed by atoms with van der Waals surface area (Å²) in [5.74, 6) is 0. The van der Waals surface area contributed by atoms with Gasteiger partial charge in [0.1, 0.15) is 0 Å². The highest BCUT2D eigenvalue weighted by molar-refractivity contribution is 7.17. The molecule has 0 aliphatic heterocycles. The highest BCUT2D eigenvalue weighted by Crippen LogP contribution is 2.22. The molecular formula is C7H10N2OS. The van der Waals surface area contributed by atoms with Crippen molar-refractivity contribution in [1.29, 1.82) is 0 Å². The summed E-state index contributed by atoms with van der Waals surface area (Å²) in [6.07, 6.45) is 0.847. The van der Waals surface area contributed by atoms with Gasteiger partial charge in [0.25, 0.3) is 0 Å². The minimum Gasteiger partial charge on any atom is -0.354 e. The Morgan fingerprint density at radius 1 is 1.55 bits per heavy atom. The molecule has 4 heteroatoms. The van der Waals surface area contributed by atoms with Gasteiger partial charge in [-0.05, 0) is 6.92 Å². The van der Waals surface area contributed by atoms with Crippen LogP contribution < -0.4 is 4.90 Å². The quantitative estimate of drug-likeness (QED) is 0.628. The highest BCUT2D eigenvalue weighted by atomic mass is 32.1. The van der Waals surface area contributed by atoms with Crippen LogP contribution in [0.1, 0.15) is 15.4 Å². The van der Waals surface area contributed by atoms with Gasteiger partial charge in [-0.1, -0.05) is 11.3 Å². The summed E-state index contributed by atoms with van der Waals surface area (Å²) in [6, 6.07) is 0. The van der Waals surface area contributed by atoms with Crippen LogP contribution in [0.2, 0.25) is 0 Å². The Labute approximate surface area is 69.7 Å². The van der Waals surface area contributed by atoms with Gasteiger partial charge in [-0.25, -0.2) is 4.98 Å². The van der Waals surface area contributed by atoms with Crippen molar-refractivity contribution in [3.63, 3.8) is 0 Å². The normalized spacial score (nSPS) is 9.73. The second-order valence-electron chi connectivity index (χ2n) is 2.46. The van der Waals surface area contributed by atoms with Crippen molar-refractivity contribution in [3.05, 3.63) is 10.6 Å². The Bertz CT molecular complexity index is 267. The van der Waals surface area contributed by atoms with Crippen LogP contribution in [-0.4, -0.2) is 25.4 Å². The zero-order valence-corrected chi connectivity index (χ0v) is 7.60. The van der Waals surface area contributed by atoms with Crippen LogP contribution in [0.3, 0.4) is 0 Å². The molecule has 0 aliphatic rings. The molecule has 60 valence electrons. The van der Waals surface area contributed by atoms with Crippen LogP contribution in [0.15, 0.2) is 0 Å². The zero-order chi connectivity index (χ0) is 8.43. The standard InChI is InChI=1S/C7H10N2OS/c1-5-6(4-10)11-7(8-5)9(2)3/h4H,1-3H3. The minimum atomic E-state index is 0.716. The maximum Gasteiger partial charge on any atom is 0.185 e. The van der Waals surface area contributed by atoms with Gasteiger partial charge in [-0.15, -0.1) is 0 Å². The number of thiazole rings is 1. The lowest BCUT2D eigenvalue weighted by molar-refractivity contribution is 0.112. The molecule has 1 aromatic heterocycles. The van der Waals surface area contributed by atoms with E-state index in [9.17, 15) is 4.79 Å². The topological polar surface area (TPSA) is 33.2 Å². The number of hydrogen-bond acceptors (Lipinski definition) is 4. The molecule has 1 rings (SSSR count). The lowest BCUT2D eigenvalue weighted by atomic mass is 10.4. The molecule has 1 heterocycles. The number of aromatic nitrogens is 1. The average molecular weight is 170 g/mol. The van der Waals surface area contributed by atoms with E-state index in [0.717, 1.165) is 17.1 Å². The molecule has 11 heavy (non-hydrogen) atoms. The summed E-state index contributed by atoms with van der Waals surface area (Å²) >= 11 is 1.41. The lowest BCUT2D eigenvalue weighted by Crippen LogP contribution is -2.07. The van der Waals surface area contributed by atoms with Gasteiger partial charge in [0, 0.05) is 14.1 Å². The van der Waals surface area contributed by atoms with Crippen molar-refractivity contribution < 1.29 is 4.79 Å². The maximum absolute atomic E-state index is 10.4. The van der Waals surface area contributed by atoms with E-state index < -0.39 is 0 Å². The Morgan fingerprint density at radius 3 is 2.45 bits per heavy atom. The van der Waals surface area contributed by atoms with Crippen molar-refractivity contribution >= 4 is 22.8 Å². The molecule has 1 aromatic rings. The molecule has 0 aromatic carbocycles. The molecule has 0 amide bonds. The number of anilines is 1. The summed E-state index contributed by atoms with van der Waals surface area (Å²) in [6.45, 7) is 1.84. The van der Waals surface area contributed by atoms with Crippen LogP contribution in [-0.2, 0) is 0 Å². The Balaban J connectivity index is 3.04. The van der Waals surface area contributed by atoms with Crippen LogP contribution in [0, 0.1) is 6.92 Å². The molecule has 0 fully saturated rings. The largest absolute Gasteiger partial charge is 0.354 e. The maximum atomic E-state index is 10.4. The molecule has 0 aliphatic carbocycles. The molecule has 0 spiro atoms. The number of hydrogen-bond donors (Lipinski definition) is 0. The fraction of sp³-hybridized carbons (Fsp3) is 0.429. The molecule has 3 nitrogen and oxygen atoms in total. The Kier molecular flexibility index (Phi) is 2.24. The fourth-order valence-electron chi connectivity index (χ4n) is 0.694. The number of aryl methyl sites for hydroxylation is 1. The van der Waals surface area contributed by atoms with Gasteiger partial charge in [-0.2, -0.15) is 0 Å². The smallest absolute Gasteiger partial charge is 0.185 e. The van der Waals surface area contributed by atoms with Crippen LogP contribution in [0.5, 0.6) is 0 Å². The van der Waals surface area contributed by atoms with Gasteiger partial charge in [0.15, 0.2) is 11.4 Å². The number of nitrogens with zero attached hydrogens (tertiary/aromatic N) is 2. The molecule has 0 radical (unpaired) electrons. The van der Waals surface area contributed by atoms with Crippen molar-refractivity contribution in [2.45, 2.75) is 6.92 Å². The molecule has 0 saturated carbocycles. The number of carbonyl (C=O) groups is 1. The number of rotatable bonds is 2. The van der Waals surface area contributed by atoms with Crippen molar-refractivity contribution in [1.82, 2.24) is 4.98 Å². The van der Waals surface area contributed by atoms with Gasteiger partial charge in [0.05, 0.1) is 10.6 Å².